The first-order valence-electron chi connectivity index (χ1n) is 11.5. The molecule has 1 aliphatic heterocycles. The monoisotopic (exact) mass is 718 g/mol. The number of nitrogens with one attached hydrogen (secondary N) is 1. The number of ether oxygens (including phenoxy) is 1. The molecule has 1 saturated heterocycles. The topological polar surface area (TPSA) is 121 Å². The number of hydrogen-bond acceptors (Lipinski definition) is 6. The molecule has 13 heteroatoms. The summed E-state index contributed by atoms with van der Waals surface area (Å²) >= 11 is 0.680. The molecule has 0 saturated carbocycles. The van der Waals surface area contributed by atoms with Gasteiger partial charge in [-0.1, -0.05) is 0 Å². The minimum absolute atomic E-state index is 0.108. The molecule has 37 heavy (non-hydrogen) atoms. The molecule has 1 aliphatic rings. The Balaban J connectivity index is 2.00. The molecule has 1 aromatic carbocycles. The molecule has 3 radical (unpaired) electrons. The Morgan fingerprint density at radius 2 is 1.95 bits per heavy atom. The first-order chi connectivity index (χ1) is 17.5. The summed E-state index contributed by atoms with van der Waals surface area (Å²) in [6.45, 7) is 2.75. The van der Waals surface area contributed by atoms with Gasteiger partial charge in [0, 0.05) is 12.1 Å². The van der Waals surface area contributed by atoms with Gasteiger partial charge in [0.25, 0.3) is 0 Å². The summed E-state index contributed by atoms with van der Waals surface area (Å²) < 4.78 is 48.9. The number of pyridine rings is 1. The van der Waals surface area contributed by atoms with E-state index in [-0.39, 0.29) is 18.3 Å². The van der Waals surface area contributed by atoms with Gasteiger partial charge in [0.05, 0.1) is 0 Å². The third-order valence-electron chi connectivity index (χ3n) is 6.50. The van der Waals surface area contributed by atoms with Crippen LogP contribution in [0.4, 0.5) is 13.2 Å². The zero-order valence-electron chi connectivity index (χ0n) is 20.2. The molecule has 0 bridgehead atoms. The third-order valence-corrected chi connectivity index (χ3v) is 7.85. The van der Waals surface area contributed by atoms with E-state index in [4.69, 9.17) is 4.74 Å². The van der Waals surface area contributed by atoms with Gasteiger partial charge in [0.15, 0.2) is 0 Å². The van der Waals surface area contributed by atoms with E-state index in [0.29, 0.717) is 61.1 Å². The third kappa shape index (κ3) is 6.52. The summed E-state index contributed by atoms with van der Waals surface area (Å²) in [4.78, 5) is 38.9. The van der Waals surface area contributed by atoms with E-state index >= 15 is 0 Å². The van der Waals surface area contributed by atoms with Crippen LogP contribution < -0.4 is 10.7 Å². The van der Waals surface area contributed by atoms with Crippen LogP contribution in [-0.2, 0) is 16.1 Å². The number of halogens is 3. The molecule has 2 amide bonds. The van der Waals surface area contributed by atoms with Gasteiger partial charge in [0.2, 0.25) is 0 Å². The zero-order valence-corrected chi connectivity index (χ0v) is 24.1. The van der Waals surface area contributed by atoms with Crippen molar-refractivity contribution in [3.8, 4) is 5.75 Å². The van der Waals surface area contributed by atoms with Crippen LogP contribution in [0.25, 0.3) is 0 Å². The number of aromatic hydroxyl groups is 1. The second kappa shape index (κ2) is 12.4. The van der Waals surface area contributed by atoms with E-state index in [0.717, 1.165) is 0 Å². The van der Waals surface area contributed by atoms with Crippen LogP contribution in [0.1, 0.15) is 47.4 Å². The number of carbonyl (C=O) groups is 2. The summed E-state index contributed by atoms with van der Waals surface area (Å²) in [5.41, 5.74) is -2.01. The van der Waals surface area contributed by atoms with Crippen molar-refractivity contribution in [3.63, 3.8) is 0 Å². The standard InChI is InChI=1S/C24H27F3N3O6.Pb/c1-12-4-5-21(36-14(3)32)20(10-29(12)11-31)30-9-17(23(34)22(33)13(30)2)24(35)28-8-16-18(26)6-15(25)7-19(16)27;/h6-7,9,11-12,14,20-21,32-33H,3-5,8,10H2,1-2H3,(H,28,35);. The van der Waals surface area contributed by atoms with Gasteiger partial charge in [-0.3, -0.25) is 0 Å². The van der Waals surface area contributed by atoms with Gasteiger partial charge < -0.3 is 0 Å². The number of nitrogens with zero attached hydrogens (tertiary/aromatic N) is 2. The predicted octanol–water partition coefficient (Wildman–Crippen LogP) is 1.68. The van der Waals surface area contributed by atoms with E-state index in [1.807, 2.05) is 6.92 Å². The molecule has 2 heterocycles. The number of hydrogen-bond donors (Lipinski definition) is 3. The Morgan fingerprint density at radius 1 is 1.30 bits per heavy atom. The van der Waals surface area contributed by atoms with Crippen LogP contribution in [-0.4, -0.2) is 82.7 Å². The van der Waals surface area contributed by atoms with Crippen molar-refractivity contribution < 1.29 is 37.7 Å². The summed E-state index contributed by atoms with van der Waals surface area (Å²) in [5.74, 6) is -5.28. The van der Waals surface area contributed by atoms with Crippen molar-refractivity contribution in [1.82, 2.24) is 14.8 Å². The quantitative estimate of drug-likeness (QED) is 0.217. The molecule has 1 aromatic heterocycles. The molecule has 3 N–H and O–H groups in total. The fourth-order valence-corrected chi connectivity index (χ4v) is 4.69. The number of aliphatic hydroxyl groups is 1. The number of rotatable bonds is 8. The van der Waals surface area contributed by atoms with Crippen LogP contribution in [0, 0.1) is 24.4 Å². The zero-order chi connectivity index (χ0) is 27.4. The maximum atomic E-state index is 14.0. The van der Waals surface area contributed by atoms with E-state index in [1.165, 1.54) is 22.6 Å². The van der Waals surface area contributed by atoms with Crippen molar-refractivity contribution in [2.24, 2.45) is 0 Å². The number of carbonyl (C=O) groups excluding carboxylic acids is 2. The van der Waals surface area contributed by atoms with E-state index in [1.54, 1.807) is 0 Å². The van der Waals surface area contributed by atoms with Gasteiger partial charge in [-0.2, -0.15) is 0 Å². The fraction of sp³-hybridized carbons (Fsp3) is 0.458. The molecule has 4 atom stereocenters. The van der Waals surface area contributed by atoms with Gasteiger partial charge in [-0.25, -0.2) is 13.2 Å². The molecule has 1 fully saturated rings. The Bertz CT molecular complexity index is 1200. The number of likely N-dealkylation sites (tertiary alicyclic amines) is 1. The molecule has 3 rings (SSSR count). The second-order valence-corrected chi connectivity index (χ2v) is 10.5. The summed E-state index contributed by atoms with van der Waals surface area (Å²) in [7, 11) is 0. The van der Waals surface area contributed by atoms with Gasteiger partial charge in [-0.15, -0.1) is 0 Å². The Hall–Kier alpha value is -2.46. The van der Waals surface area contributed by atoms with Gasteiger partial charge in [-0.05, 0) is 0 Å². The Labute approximate surface area is 226 Å². The van der Waals surface area contributed by atoms with Crippen molar-refractivity contribution in [1.29, 1.82) is 0 Å². The van der Waals surface area contributed by atoms with E-state index in [9.17, 15) is 37.8 Å². The second-order valence-electron chi connectivity index (χ2n) is 8.87. The minimum atomic E-state index is -1.21. The first-order valence-corrected chi connectivity index (χ1v) is 14.3. The number of aliphatic hydroxyl groups excluding tert-OH is 1. The van der Waals surface area contributed by atoms with Crippen LogP contribution in [0.5, 0.6) is 5.75 Å². The van der Waals surface area contributed by atoms with Crippen LogP contribution >= 0.6 is 0 Å². The van der Waals surface area contributed by atoms with Gasteiger partial charge >= 0.3 is 185 Å². The molecule has 4 unspecified atom stereocenters. The van der Waals surface area contributed by atoms with E-state index < -0.39 is 70.6 Å². The summed E-state index contributed by atoms with van der Waals surface area (Å²) in [6, 6.07) is 0.115. The molecule has 0 spiro atoms. The molecular weight excluding hydrogens is 690 g/mol. The van der Waals surface area contributed by atoms with Crippen molar-refractivity contribution in [2.45, 2.75) is 61.7 Å². The van der Waals surface area contributed by atoms with Crippen molar-refractivity contribution in [3.05, 3.63) is 62.8 Å². The van der Waals surface area contributed by atoms with Crippen molar-refractivity contribution in [2.75, 3.05) is 6.54 Å². The molecule has 9 nitrogen and oxygen atoms in total. The maximum absolute atomic E-state index is 14.0. The SMILES string of the molecule is Cc1c(O)c(=O)c(C(=O)NCc2c(F)cc(F)cc2F)cn1C1CN(C=O)C(C)CCC1OC(O)[CH2][Pb]. The normalized spacial score (nSPS) is 20.8. The van der Waals surface area contributed by atoms with Crippen LogP contribution in [0.3, 0.4) is 0 Å². The Morgan fingerprint density at radius 3 is 2.54 bits per heavy atom. The summed E-state index contributed by atoms with van der Waals surface area (Å²) in [6.07, 6.45) is 1.24. The molecular formula is C24H27F3N3O6Pb. The van der Waals surface area contributed by atoms with Crippen molar-refractivity contribution >= 4 is 38.1 Å². The fourth-order valence-electron chi connectivity index (χ4n) is 4.32. The van der Waals surface area contributed by atoms with Crippen LogP contribution in [0.15, 0.2) is 23.1 Å². The summed E-state index contributed by atoms with van der Waals surface area (Å²) in [5, 5.41) is 23.0. The number of benzene rings is 1. The molecule has 199 valence electrons. The van der Waals surface area contributed by atoms with Gasteiger partial charge in [0.1, 0.15) is 17.5 Å². The average molecular weight is 718 g/mol. The van der Waals surface area contributed by atoms with Crippen LogP contribution in [0.2, 0.25) is 3.98 Å². The van der Waals surface area contributed by atoms with E-state index in [2.05, 4.69) is 5.32 Å². The molecule has 2 aromatic rings. The number of amides is 2. The Kier molecular flexibility index (Phi) is 9.75. The molecule has 0 aliphatic carbocycles. The number of aromatic nitrogens is 1. The average Bonchev–Trinajstić information content (AvgIpc) is 3.00. The first kappa shape index (κ1) is 29.1. The predicted molar refractivity (Wildman–Crippen MR) is 127 cm³/mol.